The summed E-state index contributed by atoms with van der Waals surface area (Å²) in [4.78, 5) is 26.7. The maximum absolute atomic E-state index is 12.6. The average molecular weight is 438 g/mol. The summed E-state index contributed by atoms with van der Waals surface area (Å²) in [7, 11) is 0. The molecule has 6 heteroatoms. The van der Waals surface area contributed by atoms with Crippen LogP contribution in [-0.4, -0.2) is 52.6 Å². The van der Waals surface area contributed by atoms with Gasteiger partial charge in [-0.15, -0.1) is 0 Å². The summed E-state index contributed by atoms with van der Waals surface area (Å²) in [5.41, 5.74) is 4.54. The van der Waals surface area contributed by atoms with Crippen LogP contribution in [0.1, 0.15) is 62.8 Å². The standard InChI is InChI=1S/C26H39N5O/c1-18(2)16-23-27-20(4)22(17-21-10-8-19(3)9-11-21)24(28-23)30-12-14-31(15-13-30)25(32)29-26(5,6)7/h8-11,18H,12-17H2,1-7H3,(H,29,32). The van der Waals surface area contributed by atoms with E-state index < -0.39 is 0 Å². The Morgan fingerprint density at radius 1 is 1.03 bits per heavy atom. The first-order valence-electron chi connectivity index (χ1n) is 11.8. The molecule has 6 nitrogen and oxygen atoms in total. The fourth-order valence-electron chi connectivity index (χ4n) is 3.99. The molecule has 0 radical (unpaired) electrons. The minimum absolute atomic E-state index is 0.0105. The van der Waals surface area contributed by atoms with Crippen LogP contribution in [0, 0.1) is 19.8 Å². The average Bonchev–Trinajstić information content (AvgIpc) is 2.69. The van der Waals surface area contributed by atoms with Crippen molar-refractivity contribution in [1.29, 1.82) is 0 Å². The Morgan fingerprint density at radius 2 is 1.66 bits per heavy atom. The first-order chi connectivity index (χ1) is 15.0. The number of benzene rings is 1. The highest BCUT2D eigenvalue weighted by atomic mass is 16.2. The molecule has 0 unspecified atom stereocenters. The first kappa shape index (κ1) is 24.0. The summed E-state index contributed by atoms with van der Waals surface area (Å²) in [5.74, 6) is 2.45. The van der Waals surface area contributed by atoms with Gasteiger partial charge in [0.2, 0.25) is 0 Å². The summed E-state index contributed by atoms with van der Waals surface area (Å²) in [5, 5.41) is 3.07. The lowest BCUT2D eigenvalue weighted by Gasteiger charge is -2.37. The highest BCUT2D eigenvalue weighted by Crippen LogP contribution is 2.26. The molecule has 2 aromatic rings. The predicted octanol–water partition coefficient (Wildman–Crippen LogP) is 4.51. The topological polar surface area (TPSA) is 61.4 Å². The van der Waals surface area contributed by atoms with Crippen molar-refractivity contribution in [1.82, 2.24) is 20.2 Å². The molecule has 1 fully saturated rings. The normalized spacial score (nSPS) is 14.8. The van der Waals surface area contributed by atoms with Crippen LogP contribution in [0.15, 0.2) is 24.3 Å². The van der Waals surface area contributed by atoms with Gasteiger partial charge >= 0.3 is 6.03 Å². The Morgan fingerprint density at radius 3 is 2.22 bits per heavy atom. The lowest BCUT2D eigenvalue weighted by molar-refractivity contribution is 0.185. The Balaban J connectivity index is 1.84. The second kappa shape index (κ2) is 9.88. The summed E-state index contributed by atoms with van der Waals surface area (Å²) in [6, 6.07) is 8.71. The van der Waals surface area contributed by atoms with E-state index in [0.717, 1.165) is 43.3 Å². The number of hydrogen-bond donors (Lipinski definition) is 1. The van der Waals surface area contributed by atoms with Crippen molar-refractivity contribution in [2.75, 3.05) is 31.1 Å². The molecular weight excluding hydrogens is 398 g/mol. The maximum Gasteiger partial charge on any atom is 0.317 e. The van der Waals surface area contributed by atoms with Gasteiger partial charge in [0.05, 0.1) is 0 Å². The van der Waals surface area contributed by atoms with Crippen LogP contribution in [0.4, 0.5) is 10.6 Å². The van der Waals surface area contributed by atoms with Gasteiger partial charge in [-0.3, -0.25) is 0 Å². The molecule has 0 atom stereocenters. The van der Waals surface area contributed by atoms with E-state index in [-0.39, 0.29) is 11.6 Å². The molecule has 0 bridgehead atoms. The molecule has 1 aliphatic heterocycles. The first-order valence-corrected chi connectivity index (χ1v) is 11.8. The number of piperazine rings is 1. The van der Waals surface area contributed by atoms with Crippen molar-refractivity contribution in [2.45, 2.75) is 66.8 Å². The van der Waals surface area contributed by atoms with E-state index in [4.69, 9.17) is 9.97 Å². The number of hydrogen-bond acceptors (Lipinski definition) is 4. The molecule has 1 N–H and O–H groups in total. The number of nitrogens with one attached hydrogen (secondary N) is 1. The Bertz CT molecular complexity index is 922. The van der Waals surface area contributed by atoms with Gasteiger partial charge in [-0.05, 0) is 46.1 Å². The number of carbonyl (C=O) groups excluding carboxylic acids is 1. The van der Waals surface area contributed by atoms with Gasteiger partial charge in [0.25, 0.3) is 0 Å². The number of amides is 2. The molecule has 1 aliphatic rings. The van der Waals surface area contributed by atoms with Gasteiger partial charge in [0.15, 0.2) is 0 Å². The molecule has 2 amide bonds. The Kier molecular flexibility index (Phi) is 7.42. The van der Waals surface area contributed by atoms with Crippen molar-refractivity contribution < 1.29 is 4.79 Å². The summed E-state index contributed by atoms with van der Waals surface area (Å²) < 4.78 is 0. The van der Waals surface area contributed by atoms with Crippen molar-refractivity contribution in [3.63, 3.8) is 0 Å². The van der Waals surface area contributed by atoms with Gasteiger partial charge < -0.3 is 15.1 Å². The number of nitrogens with zero attached hydrogens (tertiary/aromatic N) is 4. The minimum Gasteiger partial charge on any atom is -0.353 e. The van der Waals surface area contributed by atoms with Crippen LogP contribution in [-0.2, 0) is 12.8 Å². The number of aromatic nitrogens is 2. The van der Waals surface area contributed by atoms with Gasteiger partial charge in [0.1, 0.15) is 11.6 Å². The Hall–Kier alpha value is -2.63. The molecule has 174 valence electrons. The SMILES string of the molecule is Cc1ccc(Cc2c(C)nc(CC(C)C)nc2N2CCN(C(=O)NC(C)(C)C)CC2)cc1. The third-order valence-electron chi connectivity index (χ3n) is 5.68. The highest BCUT2D eigenvalue weighted by Gasteiger charge is 2.27. The van der Waals surface area contributed by atoms with Crippen molar-refractivity contribution >= 4 is 11.8 Å². The molecule has 32 heavy (non-hydrogen) atoms. The van der Waals surface area contributed by atoms with Crippen molar-refractivity contribution in [2.24, 2.45) is 5.92 Å². The maximum atomic E-state index is 12.6. The molecule has 3 rings (SSSR count). The zero-order valence-corrected chi connectivity index (χ0v) is 20.8. The van der Waals surface area contributed by atoms with Gasteiger partial charge in [-0.25, -0.2) is 14.8 Å². The molecule has 0 saturated carbocycles. The minimum atomic E-state index is -0.231. The fraction of sp³-hybridized carbons (Fsp3) is 0.577. The molecule has 0 spiro atoms. The highest BCUT2D eigenvalue weighted by molar-refractivity contribution is 5.75. The van der Waals surface area contributed by atoms with Crippen molar-refractivity contribution in [3.8, 4) is 0 Å². The lowest BCUT2D eigenvalue weighted by atomic mass is 10.0. The number of rotatable bonds is 5. The molecular formula is C26H39N5O. The van der Waals surface area contributed by atoms with Gasteiger partial charge in [-0.1, -0.05) is 43.7 Å². The van der Waals surface area contributed by atoms with E-state index in [1.54, 1.807) is 0 Å². The van der Waals surface area contributed by atoms with E-state index >= 15 is 0 Å². The predicted molar refractivity (Wildman–Crippen MR) is 131 cm³/mol. The van der Waals surface area contributed by atoms with E-state index in [9.17, 15) is 4.79 Å². The molecule has 2 heterocycles. The lowest BCUT2D eigenvalue weighted by Crippen LogP contribution is -2.55. The van der Waals surface area contributed by atoms with Crippen LogP contribution < -0.4 is 10.2 Å². The summed E-state index contributed by atoms with van der Waals surface area (Å²) in [6.07, 6.45) is 1.68. The quantitative estimate of drug-likeness (QED) is 0.747. The van der Waals surface area contributed by atoms with Crippen LogP contribution in [0.3, 0.4) is 0 Å². The second-order valence-electron chi connectivity index (χ2n) is 10.4. The molecule has 1 aromatic carbocycles. The van der Waals surface area contributed by atoms with Gasteiger partial charge in [-0.2, -0.15) is 0 Å². The third-order valence-corrected chi connectivity index (χ3v) is 5.68. The van der Waals surface area contributed by atoms with Crippen LogP contribution in [0.25, 0.3) is 0 Å². The Labute approximate surface area is 193 Å². The zero-order chi connectivity index (χ0) is 23.5. The second-order valence-corrected chi connectivity index (χ2v) is 10.4. The van der Waals surface area contributed by atoms with Crippen LogP contribution in [0.5, 0.6) is 0 Å². The molecule has 1 aromatic heterocycles. The van der Waals surface area contributed by atoms with Crippen molar-refractivity contribution in [3.05, 3.63) is 52.5 Å². The number of urea groups is 1. The van der Waals surface area contributed by atoms with E-state index in [1.807, 2.05) is 25.7 Å². The van der Waals surface area contributed by atoms with Crippen LogP contribution in [0.2, 0.25) is 0 Å². The third kappa shape index (κ3) is 6.44. The van der Waals surface area contributed by atoms with E-state index in [2.05, 4.69) is 62.2 Å². The van der Waals surface area contributed by atoms with Crippen LogP contribution >= 0.6 is 0 Å². The van der Waals surface area contributed by atoms with E-state index in [1.165, 1.54) is 16.7 Å². The summed E-state index contributed by atoms with van der Waals surface area (Å²) in [6.45, 7) is 17.6. The largest absolute Gasteiger partial charge is 0.353 e. The monoisotopic (exact) mass is 437 g/mol. The molecule has 0 aliphatic carbocycles. The van der Waals surface area contributed by atoms with E-state index in [0.29, 0.717) is 19.0 Å². The fourth-order valence-corrected chi connectivity index (χ4v) is 3.99. The zero-order valence-electron chi connectivity index (χ0n) is 20.8. The number of aryl methyl sites for hydroxylation is 2. The number of anilines is 1. The summed E-state index contributed by atoms with van der Waals surface area (Å²) >= 11 is 0. The molecule has 1 saturated heterocycles. The smallest absolute Gasteiger partial charge is 0.317 e. The number of carbonyl (C=O) groups is 1. The van der Waals surface area contributed by atoms with Gasteiger partial charge in [0, 0.05) is 55.8 Å².